The molecule has 2 amide bonds. The highest BCUT2D eigenvalue weighted by Gasteiger charge is 2.16. The van der Waals surface area contributed by atoms with Crippen LogP contribution in [0.3, 0.4) is 0 Å². The number of hydrogen-bond acceptors (Lipinski definition) is 2. The Labute approximate surface area is 145 Å². The summed E-state index contributed by atoms with van der Waals surface area (Å²) in [6.07, 6.45) is -0.217. The maximum absolute atomic E-state index is 13.8. The van der Waals surface area contributed by atoms with Gasteiger partial charge in [-0.25, -0.2) is 4.39 Å². The molecule has 0 aliphatic rings. The molecule has 0 heterocycles. The Morgan fingerprint density at radius 2 is 1.83 bits per heavy atom. The van der Waals surface area contributed by atoms with Crippen molar-refractivity contribution in [3.05, 3.63) is 64.4 Å². The number of amides is 2. The van der Waals surface area contributed by atoms with Crippen molar-refractivity contribution in [2.75, 3.05) is 5.32 Å². The van der Waals surface area contributed by atoms with Gasteiger partial charge in [0.1, 0.15) is 5.82 Å². The molecule has 0 bridgehead atoms. The van der Waals surface area contributed by atoms with E-state index in [1.165, 1.54) is 18.2 Å². The average molecular weight is 349 g/mol. The lowest BCUT2D eigenvalue weighted by atomic mass is 10.1. The molecule has 0 radical (unpaired) electrons. The van der Waals surface area contributed by atoms with Crippen LogP contribution >= 0.6 is 11.6 Å². The zero-order chi connectivity index (χ0) is 17.7. The number of halogens is 2. The van der Waals surface area contributed by atoms with Crippen LogP contribution in [0.5, 0.6) is 0 Å². The monoisotopic (exact) mass is 348 g/mol. The second-order valence-electron chi connectivity index (χ2n) is 5.60. The first kappa shape index (κ1) is 17.9. The molecule has 126 valence electrons. The average Bonchev–Trinajstić information content (AvgIpc) is 2.51. The topological polar surface area (TPSA) is 58.2 Å². The van der Waals surface area contributed by atoms with Gasteiger partial charge in [0.15, 0.2) is 0 Å². The summed E-state index contributed by atoms with van der Waals surface area (Å²) >= 11 is 5.93. The Morgan fingerprint density at radius 3 is 2.50 bits per heavy atom. The van der Waals surface area contributed by atoms with Crippen LogP contribution in [0.25, 0.3) is 0 Å². The van der Waals surface area contributed by atoms with Crippen molar-refractivity contribution in [1.29, 1.82) is 0 Å². The molecule has 4 nitrogen and oxygen atoms in total. The van der Waals surface area contributed by atoms with Crippen molar-refractivity contribution in [3.63, 3.8) is 0 Å². The lowest BCUT2D eigenvalue weighted by Crippen LogP contribution is -2.31. The van der Waals surface area contributed by atoms with Gasteiger partial charge in [0.05, 0.1) is 17.7 Å². The minimum Gasteiger partial charge on any atom is -0.350 e. The van der Waals surface area contributed by atoms with E-state index in [9.17, 15) is 14.0 Å². The molecule has 6 heteroatoms. The Balaban J connectivity index is 2.16. The largest absolute Gasteiger partial charge is 0.350 e. The molecule has 2 aromatic rings. The van der Waals surface area contributed by atoms with Gasteiger partial charge in [-0.05, 0) is 38.1 Å². The quantitative estimate of drug-likeness (QED) is 0.863. The summed E-state index contributed by atoms with van der Waals surface area (Å²) < 4.78 is 13.8. The second kappa shape index (κ2) is 7.93. The van der Waals surface area contributed by atoms with Gasteiger partial charge in [-0.1, -0.05) is 29.8 Å². The first-order valence-corrected chi connectivity index (χ1v) is 7.89. The SMILES string of the molecule is CC(C)NC(=O)c1ccccc1NC(=O)Cc1c(F)cccc1Cl. The maximum Gasteiger partial charge on any atom is 0.253 e. The number of carbonyl (C=O) groups is 2. The highest BCUT2D eigenvalue weighted by Crippen LogP contribution is 2.21. The van der Waals surface area contributed by atoms with Crippen LogP contribution in [0.15, 0.2) is 42.5 Å². The van der Waals surface area contributed by atoms with E-state index in [-0.39, 0.29) is 29.0 Å². The predicted molar refractivity (Wildman–Crippen MR) is 92.8 cm³/mol. The third kappa shape index (κ3) is 4.55. The van der Waals surface area contributed by atoms with Crippen molar-refractivity contribution < 1.29 is 14.0 Å². The zero-order valence-electron chi connectivity index (χ0n) is 13.4. The molecule has 0 saturated carbocycles. The van der Waals surface area contributed by atoms with E-state index in [2.05, 4.69) is 10.6 Å². The first-order chi connectivity index (χ1) is 11.4. The molecule has 2 aromatic carbocycles. The number of rotatable bonds is 5. The van der Waals surface area contributed by atoms with Gasteiger partial charge in [0, 0.05) is 16.6 Å². The number of carbonyl (C=O) groups excluding carboxylic acids is 2. The van der Waals surface area contributed by atoms with Crippen molar-refractivity contribution in [2.45, 2.75) is 26.3 Å². The number of nitrogens with one attached hydrogen (secondary N) is 2. The Morgan fingerprint density at radius 1 is 1.12 bits per heavy atom. The number of para-hydroxylation sites is 1. The summed E-state index contributed by atoms with van der Waals surface area (Å²) in [7, 11) is 0. The van der Waals surface area contributed by atoms with E-state index in [1.54, 1.807) is 24.3 Å². The van der Waals surface area contributed by atoms with Crippen molar-refractivity contribution >= 4 is 29.1 Å². The van der Waals surface area contributed by atoms with E-state index >= 15 is 0 Å². The third-order valence-electron chi connectivity index (χ3n) is 3.26. The summed E-state index contributed by atoms with van der Waals surface area (Å²) in [5.41, 5.74) is 0.841. The van der Waals surface area contributed by atoms with Gasteiger partial charge >= 0.3 is 0 Å². The van der Waals surface area contributed by atoms with Crippen molar-refractivity contribution in [3.8, 4) is 0 Å². The van der Waals surface area contributed by atoms with Gasteiger partial charge in [-0.15, -0.1) is 0 Å². The van der Waals surface area contributed by atoms with Crippen LogP contribution in [-0.4, -0.2) is 17.9 Å². The molecular formula is C18H18ClFN2O2. The standard InChI is InChI=1S/C18H18ClFN2O2/c1-11(2)21-18(24)12-6-3-4-9-16(12)22-17(23)10-13-14(19)7-5-8-15(13)20/h3-9,11H,10H2,1-2H3,(H,21,24)(H,22,23). The molecule has 0 unspecified atom stereocenters. The van der Waals surface area contributed by atoms with Crippen LogP contribution in [0.4, 0.5) is 10.1 Å². The number of hydrogen-bond donors (Lipinski definition) is 2. The molecule has 2 N–H and O–H groups in total. The third-order valence-corrected chi connectivity index (χ3v) is 3.62. The Hall–Kier alpha value is -2.40. The molecule has 0 atom stereocenters. The highest BCUT2D eigenvalue weighted by atomic mass is 35.5. The molecule has 0 saturated heterocycles. The maximum atomic E-state index is 13.8. The lowest BCUT2D eigenvalue weighted by molar-refractivity contribution is -0.115. The Kier molecular flexibility index (Phi) is 5.93. The lowest BCUT2D eigenvalue weighted by Gasteiger charge is -2.13. The van der Waals surface area contributed by atoms with E-state index in [0.717, 1.165) is 0 Å². The summed E-state index contributed by atoms with van der Waals surface area (Å²) in [6.45, 7) is 3.69. The minimum atomic E-state index is -0.538. The normalized spacial score (nSPS) is 10.5. The number of anilines is 1. The minimum absolute atomic E-state index is 0.0292. The summed E-state index contributed by atoms with van der Waals surface area (Å²) in [5, 5.41) is 5.60. The number of benzene rings is 2. The first-order valence-electron chi connectivity index (χ1n) is 7.51. The van der Waals surface area contributed by atoms with E-state index in [4.69, 9.17) is 11.6 Å². The smallest absolute Gasteiger partial charge is 0.253 e. The van der Waals surface area contributed by atoms with Crippen LogP contribution in [-0.2, 0) is 11.2 Å². The van der Waals surface area contributed by atoms with Crippen LogP contribution in [0, 0.1) is 5.82 Å². The van der Waals surface area contributed by atoms with Gasteiger partial charge in [-0.2, -0.15) is 0 Å². The highest BCUT2D eigenvalue weighted by molar-refractivity contribution is 6.31. The van der Waals surface area contributed by atoms with Crippen LogP contribution in [0.2, 0.25) is 5.02 Å². The van der Waals surface area contributed by atoms with Crippen molar-refractivity contribution in [2.24, 2.45) is 0 Å². The van der Waals surface area contributed by atoms with Crippen LogP contribution in [0.1, 0.15) is 29.8 Å². The van der Waals surface area contributed by atoms with Gasteiger partial charge in [-0.3, -0.25) is 9.59 Å². The molecule has 0 fully saturated rings. The molecule has 0 aliphatic heterocycles. The second-order valence-corrected chi connectivity index (χ2v) is 6.01. The van der Waals surface area contributed by atoms with Gasteiger partial charge < -0.3 is 10.6 Å². The predicted octanol–water partition coefficient (Wildman–Crippen LogP) is 3.80. The fraction of sp³-hybridized carbons (Fsp3) is 0.222. The fourth-order valence-corrected chi connectivity index (χ4v) is 2.42. The fourth-order valence-electron chi connectivity index (χ4n) is 2.19. The molecular weight excluding hydrogens is 331 g/mol. The van der Waals surface area contributed by atoms with E-state index in [0.29, 0.717) is 11.3 Å². The van der Waals surface area contributed by atoms with E-state index in [1.807, 2.05) is 13.8 Å². The van der Waals surface area contributed by atoms with Gasteiger partial charge in [0.25, 0.3) is 5.91 Å². The van der Waals surface area contributed by atoms with Crippen molar-refractivity contribution in [1.82, 2.24) is 5.32 Å². The molecule has 2 rings (SSSR count). The molecule has 24 heavy (non-hydrogen) atoms. The van der Waals surface area contributed by atoms with Gasteiger partial charge in [0.2, 0.25) is 5.91 Å². The van der Waals surface area contributed by atoms with Crippen LogP contribution < -0.4 is 10.6 Å². The Bertz CT molecular complexity index is 742. The molecule has 0 spiro atoms. The summed E-state index contributed by atoms with van der Waals surface area (Å²) in [6, 6.07) is 10.9. The summed E-state index contributed by atoms with van der Waals surface area (Å²) in [4.78, 5) is 24.4. The van der Waals surface area contributed by atoms with E-state index < -0.39 is 11.7 Å². The zero-order valence-corrected chi connectivity index (χ0v) is 14.2. The molecule has 0 aromatic heterocycles. The molecule has 0 aliphatic carbocycles. The summed E-state index contributed by atoms with van der Waals surface area (Å²) in [5.74, 6) is -1.28.